The van der Waals surface area contributed by atoms with Crippen molar-refractivity contribution in [1.29, 1.82) is 0 Å². The summed E-state index contributed by atoms with van der Waals surface area (Å²) >= 11 is 5.58. The number of carbonyl (C=O) groups is 3. The SMILES string of the molecule is C#CCCCC1CC1.COC(=O)C1CCCN1C(=O)[C@@H](NC(=O)O)C(C)(C)C.COc1ccc2nc(Cl)c(=O)[nH]c2c1. The molecule has 1 aromatic carbocycles. The lowest BCUT2D eigenvalue weighted by molar-refractivity contribution is -0.152. The molecule has 12 heteroatoms. The first-order chi connectivity index (χ1) is 19.8. The maximum absolute atomic E-state index is 12.6. The highest BCUT2D eigenvalue weighted by molar-refractivity contribution is 6.29. The molecule has 2 atom stereocenters. The molecule has 2 amide bonds. The van der Waals surface area contributed by atoms with Crippen molar-refractivity contribution in [3.8, 4) is 18.1 Å². The summed E-state index contributed by atoms with van der Waals surface area (Å²) < 4.78 is 9.70. The van der Waals surface area contributed by atoms with Gasteiger partial charge in [0.15, 0.2) is 5.15 Å². The lowest BCUT2D eigenvalue weighted by Gasteiger charge is -2.34. The summed E-state index contributed by atoms with van der Waals surface area (Å²) in [5, 5.41) is 11.1. The van der Waals surface area contributed by atoms with Gasteiger partial charge in [-0.3, -0.25) is 9.59 Å². The first-order valence-electron chi connectivity index (χ1n) is 13.9. The number of unbranched alkanes of at least 4 members (excludes halogenated alkanes) is 1. The number of benzene rings is 1. The number of likely N-dealkylation sites (tertiary alicyclic amines) is 1. The Hall–Kier alpha value is -3.78. The zero-order valence-electron chi connectivity index (χ0n) is 24.9. The summed E-state index contributed by atoms with van der Waals surface area (Å²) in [5.74, 6) is 3.53. The molecule has 0 spiro atoms. The van der Waals surface area contributed by atoms with Crippen molar-refractivity contribution < 1.29 is 29.0 Å². The number of amides is 2. The van der Waals surface area contributed by atoms with Crippen molar-refractivity contribution in [3.05, 3.63) is 33.7 Å². The molecule has 1 aliphatic carbocycles. The molecule has 42 heavy (non-hydrogen) atoms. The Labute approximate surface area is 251 Å². The zero-order valence-corrected chi connectivity index (χ0v) is 25.6. The van der Waals surface area contributed by atoms with E-state index >= 15 is 0 Å². The van der Waals surface area contributed by atoms with Crippen molar-refractivity contribution in [1.82, 2.24) is 20.2 Å². The predicted molar refractivity (Wildman–Crippen MR) is 160 cm³/mol. The standard InChI is InChI=1S/C13H22N2O5.C9H7ClN2O2.C8H12/c1-13(2,3)9(14-12(18)19)10(16)15-7-5-6-8(15)11(17)20-4;1-14-5-2-3-6-7(4-5)12-9(13)8(10)11-6;1-2-3-4-5-8-6-7-8/h8-9,14H,5-7H2,1-4H3,(H,18,19);2-4H,1H3,(H,12,13);1,8H,3-7H2/t8?,9-;;/m1../s1. The summed E-state index contributed by atoms with van der Waals surface area (Å²) in [6.45, 7) is 5.75. The van der Waals surface area contributed by atoms with E-state index in [1.54, 1.807) is 46.1 Å². The zero-order chi connectivity index (χ0) is 31.4. The maximum Gasteiger partial charge on any atom is 0.405 e. The third-order valence-electron chi connectivity index (χ3n) is 6.88. The third-order valence-corrected chi connectivity index (χ3v) is 7.13. The average Bonchev–Trinajstić information content (AvgIpc) is 3.64. The van der Waals surface area contributed by atoms with Crippen LogP contribution in [-0.2, 0) is 14.3 Å². The maximum atomic E-state index is 12.6. The number of nitrogens with zero attached hydrogens (tertiary/aromatic N) is 2. The van der Waals surface area contributed by atoms with E-state index in [0.717, 1.165) is 12.3 Å². The smallest absolute Gasteiger partial charge is 0.405 e. The minimum Gasteiger partial charge on any atom is -0.497 e. The first-order valence-corrected chi connectivity index (χ1v) is 14.2. The van der Waals surface area contributed by atoms with E-state index in [1.807, 2.05) is 0 Å². The van der Waals surface area contributed by atoms with Gasteiger partial charge in [-0.15, -0.1) is 12.3 Å². The molecule has 1 saturated carbocycles. The Kier molecular flexibility index (Phi) is 13.1. The van der Waals surface area contributed by atoms with Crippen LogP contribution in [0, 0.1) is 23.7 Å². The molecule has 11 nitrogen and oxygen atoms in total. The summed E-state index contributed by atoms with van der Waals surface area (Å²) in [5.41, 5.74) is 0.264. The van der Waals surface area contributed by atoms with Gasteiger partial charge in [0.05, 0.1) is 25.3 Å². The fourth-order valence-corrected chi connectivity index (χ4v) is 4.56. The van der Waals surface area contributed by atoms with Crippen molar-refractivity contribution in [3.63, 3.8) is 0 Å². The van der Waals surface area contributed by atoms with Gasteiger partial charge in [0.1, 0.15) is 17.8 Å². The number of carbonyl (C=O) groups excluding carboxylic acids is 2. The van der Waals surface area contributed by atoms with E-state index in [2.05, 4.69) is 21.2 Å². The van der Waals surface area contributed by atoms with Gasteiger partial charge < -0.3 is 29.8 Å². The number of fused-ring (bicyclic) bond motifs is 1. The number of aromatic amines is 1. The number of aromatic nitrogens is 2. The molecule has 2 aliphatic rings. The lowest BCUT2D eigenvalue weighted by Crippen LogP contribution is -2.56. The van der Waals surface area contributed by atoms with E-state index in [4.69, 9.17) is 32.6 Å². The van der Waals surface area contributed by atoms with Crippen molar-refractivity contribution in [2.75, 3.05) is 20.8 Å². The molecule has 2 aromatic rings. The van der Waals surface area contributed by atoms with Crippen LogP contribution >= 0.6 is 11.6 Å². The molecule has 0 bridgehead atoms. The number of hydrogen-bond donors (Lipinski definition) is 3. The Balaban J connectivity index is 0.000000241. The molecule has 1 aromatic heterocycles. The third kappa shape index (κ3) is 10.6. The van der Waals surface area contributed by atoms with Crippen LogP contribution in [0.2, 0.25) is 5.15 Å². The number of ether oxygens (including phenoxy) is 2. The van der Waals surface area contributed by atoms with E-state index < -0.39 is 35.1 Å². The number of hydrogen-bond acceptors (Lipinski definition) is 7. The number of carboxylic acid groups (broad SMARTS) is 1. The average molecular weight is 605 g/mol. The number of H-pyrrole nitrogens is 1. The summed E-state index contributed by atoms with van der Waals surface area (Å²) in [6.07, 6.45) is 11.6. The van der Waals surface area contributed by atoms with Gasteiger partial charge in [-0.25, -0.2) is 14.6 Å². The van der Waals surface area contributed by atoms with Crippen LogP contribution in [0.5, 0.6) is 5.75 Å². The van der Waals surface area contributed by atoms with Crippen LogP contribution in [0.4, 0.5) is 4.79 Å². The monoisotopic (exact) mass is 604 g/mol. The van der Waals surface area contributed by atoms with E-state index in [0.29, 0.717) is 36.2 Å². The second-order valence-corrected chi connectivity index (χ2v) is 11.6. The highest BCUT2D eigenvalue weighted by Crippen LogP contribution is 2.33. The van der Waals surface area contributed by atoms with Crippen molar-refractivity contribution in [2.24, 2.45) is 11.3 Å². The van der Waals surface area contributed by atoms with Gasteiger partial charge in [-0.2, -0.15) is 0 Å². The number of terminal acetylenes is 1. The molecular weight excluding hydrogens is 564 g/mol. The molecular formula is C30H41ClN4O7. The van der Waals surface area contributed by atoms with Crippen LogP contribution in [0.3, 0.4) is 0 Å². The number of esters is 1. The van der Waals surface area contributed by atoms with Crippen LogP contribution in [0.15, 0.2) is 23.0 Å². The molecule has 1 aliphatic heterocycles. The second kappa shape index (κ2) is 16.0. The summed E-state index contributed by atoms with van der Waals surface area (Å²) in [4.78, 5) is 54.2. The molecule has 1 unspecified atom stereocenters. The summed E-state index contributed by atoms with van der Waals surface area (Å²) in [6, 6.07) is 3.67. The van der Waals surface area contributed by atoms with Crippen LogP contribution in [-0.4, -0.2) is 70.8 Å². The number of halogens is 1. The van der Waals surface area contributed by atoms with Gasteiger partial charge in [-0.1, -0.05) is 45.2 Å². The largest absolute Gasteiger partial charge is 0.497 e. The fourth-order valence-electron chi connectivity index (χ4n) is 4.42. The van der Waals surface area contributed by atoms with Crippen molar-refractivity contribution in [2.45, 2.75) is 77.8 Å². The van der Waals surface area contributed by atoms with Crippen LogP contribution < -0.4 is 15.6 Å². The lowest BCUT2D eigenvalue weighted by atomic mass is 9.85. The highest BCUT2D eigenvalue weighted by Gasteiger charge is 2.42. The fraction of sp³-hybridized carbons (Fsp3) is 0.567. The molecule has 4 rings (SSSR count). The van der Waals surface area contributed by atoms with E-state index in [9.17, 15) is 19.2 Å². The van der Waals surface area contributed by atoms with E-state index in [1.165, 1.54) is 37.7 Å². The Morgan fingerprint density at radius 1 is 1.26 bits per heavy atom. The molecule has 2 fully saturated rings. The molecule has 2 heterocycles. The Morgan fingerprint density at radius 3 is 2.50 bits per heavy atom. The van der Waals surface area contributed by atoms with E-state index in [-0.39, 0.29) is 11.1 Å². The topological polar surface area (TPSA) is 151 Å². The number of methoxy groups -OCH3 is 2. The predicted octanol–water partition coefficient (Wildman–Crippen LogP) is 4.62. The molecule has 1 saturated heterocycles. The van der Waals surface area contributed by atoms with Crippen molar-refractivity contribution >= 4 is 40.6 Å². The number of rotatable bonds is 7. The van der Waals surface area contributed by atoms with Gasteiger partial charge >= 0.3 is 12.1 Å². The van der Waals surface area contributed by atoms with Gasteiger partial charge in [-0.05, 0) is 49.1 Å². The normalized spacial score (nSPS) is 16.6. The minimum absolute atomic E-state index is 0.0531. The van der Waals surface area contributed by atoms with Crippen LogP contribution in [0.25, 0.3) is 11.0 Å². The second-order valence-electron chi connectivity index (χ2n) is 11.2. The van der Waals surface area contributed by atoms with Gasteiger partial charge in [0.25, 0.3) is 5.56 Å². The number of nitrogens with one attached hydrogen (secondary N) is 2. The van der Waals surface area contributed by atoms with Crippen LogP contribution in [0.1, 0.15) is 65.7 Å². The Bertz CT molecular complexity index is 1330. The molecule has 230 valence electrons. The quantitative estimate of drug-likeness (QED) is 0.235. The molecule has 0 radical (unpaired) electrons. The molecule has 3 N–H and O–H groups in total. The summed E-state index contributed by atoms with van der Waals surface area (Å²) in [7, 11) is 2.84. The Morgan fingerprint density at radius 2 is 1.95 bits per heavy atom. The van der Waals surface area contributed by atoms with Gasteiger partial charge in [0, 0.05) is 19.0 Å². The minimum atomic E-state index is -1.26. The van der Waals surface area contributed by atoms with Gasteiger partial charge in [0.2, 0.25) is 5.91 Å². The first kappa shape index (κ1) is 34.4. The highest BCUT2D eigenvalue weighted by atomic mass is 35.5.